The number of ketones is 1. The molecule has 1 atom stereocenters. The third-order valence-corrected chi connectivity index (χ3v) is 6.48. The first-order valence-electron chi connectivity index (χ1n) is 11.7. The molecule has 0 fully saturated rings. The number of urea groups is 1. The molecule has 3 aromatic carbocycles. The fraction of sp³-hybridized carbons (Fsp3) is 0.250. The molecule has 4 rings (SSSR count). The van der Waals surface area contributed by atoms with Crippen LogP contribution in [0.2, 0.25) is 0 Å². The largest absolute Gasteiger partial charge is 0.481 e. The highest BCUT2D eigenvalue weighted by atomic mass is 19.4. The van der Waals surface area contributed by atoms with Crippen LogP contribution in [-0.2, 0) is 11.2 Å². The average Bonchev–Trinajstić information content (AvgIpc) is 2.80. The summed E-state index contributed by atoms with van der Waals surface area (Å²) in [5.41, 5.74) is 2.51. The normalized spacial score (nSPS) is 17.1. The zero-order chi connectivity index (χ0) is 26.8. The Morgan fingerprint density at radius 3 is 2.27 bits per heavy atom. The Labute approximate surface area is 211 Å². The molecule has 0 saturated carbocycles. The summed E-state index contributed by atoms with van der Waals surface area (Å²) in [6.45, 7) is 1.92. The number of aryl methyl sites for hydroxylation is 2. The summed E-state index contributed by atoms with van der Waals surface area (Å²) < 4.78 is 39.7. The van der Waals surface area contributed by atoms with Gasteiger partial charge in [-0.1, -0.05) is 42.5 Å². The standard InChI is InChI=1S/C28H25F3N2O4/c1-17-3-2-4-22(13-17)33-26(37)32-21-8-5-18(6-9-21)19-7-10-23-20(14-19)11-12-27(25(23)36,15-24(34)35)16-28(29,30)31/h2-10,13-14H,11-12,15-16H2,1H3,(H,34,35)(H2,32,33,37). The predicted molar refractivity (Wildman–Crippen MR) is 134 cm³/mol. The molecule has 37 heavy (non-hydrogen) atoms. The Bertz CT molecular complexity index is 1350. The van der Waals surface area contributed by atoms with Crippen LogP contribution in [0.15, 0.2) is 66.7 Å². The Morgan fingerprint density at radius 2 is 1.62 bits per heavy atom. The highest BCUT2D eigenvalue weighted by molar-refractivity contribution is 6.05. The van der Waals surface area contributed by atoms with E-state index in [0.717, 1.165) is 16.7 Å². The number of carboxylic acids is 1. The van der Waals surface area contributed by atoms with Crippen LogP contribution in [0.5, 0.6) is 0 Å². The van der Waals surface area contributed by atoms with Crippen LogP contribution in [0.4, 0.5) is 29.3 Å². The molecular weight excluding hydrogens is 485 g/mol. The summed E-state index contributed by atoms with van der Waals surface area (Å²) >= 11 is 0. The van der Waals surface area contributed by atoms with Gasteiger partial charge >= 0.3 is 18.2 Å². The van der Waals surface area contributed by atoms with Gasteiger partial charge in [-0.15, -0.1) is 0 Å². The van der Waals surface area contributed by atoms with E-state index in [1.807, 2.05) is 25.1 Å². The molecule has 1 aliphatic rings. The summed E-state index contributed by atoms with van der Waals surface area (Å²) in [5.74, 6) is -2.21. The number of halogens is 3. The van der Waals surface area contributed by atoms with E-state index in [9.17, 15) is 32.7 Å². The maximum absolute atomic E-state index is 13.2. The average molecular weight is 511 g/mol. The minimum absolute atomic E-state index is 0.131. The molecule has 0 heterocycles. The van der Waals surface area contributed by atoms with Gasteiger partial charge in [0.05, 0.1) is 18.3 Å². The molecule has 2 amide bonds. The molecule has 6 nitrogen and oxygen atoms in total. The Kier molecular flexibility index (Phi) is 7.07. The summed E-state index contributed by atoms with van der Waals surface area (Å²) in [5, 5.41) is 14.7. The number of hydrogen-bond donors (Lipinski definition) is 3. The second kappa shape index (κ2) is 10.1. The van der Waals surface area contributed by atoms with Gasteiger partial charge in [0, 0.05) is 16.9 Å². The van der Waals surface area contributed by atoms with E-state index < -0.39 is 42.2 Å². The number of nitrogens with one attached hydrogen (secondary N) is 2. The van der Waals surface area contributed by atoms with Gasteiger partial charge in [-0.3, -0.25) is 9.59 Å². The number of Topliss-reactive ketones (excluding diaryl/α,β-unsaturated/α-hetero) is 1. The van der Waals surface area contributed by atoms with Crippen LogP contribution in [0, 0.1) is 12.3 Å². The third-order valence-electron chi connectivity index (χ3n) is 6.48. The van der Waals surface area contributed by atoms with Crippen molar-refractivity contribution in [2.24, 2.45) is 5.41 Å². The highest BCUT2D eigenvalue weighted by Crippen LogP contribution is 2.46. The lowest BCUT2D eigenvalue weighted by atomic mass is 9.66. The number of anilines is 2. The van der Waals surface area contributed by atoms with E-state index in [4.69, 9.17) is 0 Å². The molecule has 0 aromatic heterocycles. The lowest BCUT2D eigenvalue weighted by Crippen LogP contribution is -2.41. The molecule has 0 aliphatic heterocycles. The zero-order valence-electron chi connectivity index (χ0n) is 20.0. The fourth-order valence-corrected chi connectivity index (χ4v) is 4.81. The van der Waals surface area contributed by atoms with Gasteiger partial charge < -0.3 is 15.7 Å². The first kappa shape index (κ1) is 25.9. The Balaban J connectivity index is 1.49. The van der Waals surface area contributed by atoms with Crippen molar-refractivity contribution in [3.63, 3.8) is 0 Å². The van der Waals surface area contributed by atoms with Crippen LogP contribution in [-0.4, -0.2) is 29.1 Å². The van der Waals surface area contributed by atoms with Gasteiger partial charge in [-0.05, 0) is 66.3 Å². The second-order valence-corrected chi connectivity index (χ2v) is 9.37. The number of alkyl halides is 3. The van der Waals surface area contributed by atoms with E-state index in [1.165, 1.54) is 6.07 Å². The van der Waals surface area contributed by atoms with Crippen LogP contribution < -0.4 is 10.6 Å². The van der Waals surface area contributed by atoms with Gasteiger partial charge in [0.15, 0.2) is 5.78 Å². The number of carbonyl (C=O) groups is 3. The first-order chi connectivity index (χ1) is 17.4. The monoisotopic (exact) mass is 510 g/mol. The van der Waals surface area contributed by atoms with Crippen molar-refractivity contribution in [2.75, 3.05) is 10.6 Å². The van der Waals surface area contributed by atoms with Crippen LogP contribution in [0.25, 0.3) is 11.1 Å². The summed E-state index contributed by atoms with van der Waals surface area (Å²) in [6, 6.07) is 18.9. The van der Waals surface area contributed by atoms with Gasteiger partial charge in [0.1, 0.15) is 0 Å². The van der Waals surface area contributed by atoms with Crippen LogP contribution >= 0.6 is 0 Å². The first-order valence-corrected chi connectivity index (χ1v) is 11.7. The molecule has 3 aromatic rings. The van der Waals surface area contributed by atoms with Gasteiger partial charge in [-0.25, -0.2) is 4.79 Å². The molecular formula is C28H25F3N2O4. The molecule has 9 heteroatoms. The number of aliphatic carboxylic acids is 1. The quantitative estimate of drug-likeness (QED) is 0.338. The number of fused-ring (bicyclic) bond motifs is 1. The van der Waals surface area contributed by atoms with E-state index in [-0.39, 0.29) is 18.4 Å². The van der Waals surface area contributed by atoms with E-state index >= 15 is 0 Å². The summed E-state index contributed by atoms with van der Waals surface area (Å²) in [4.78, 5) is 36.7. The zero-order valence-corrected chi connectivity index (χ0v) is 20.0. The van der Waals surface area contributed by atoms with Crippen molar-refractivity contribution < 1.29 is 32.7 Å². The number of carbonyl (C=O) groups excluding carboxylic acids is 2. The topological polar surface area (TPSA) is 95.5 Å². The van der Waals surface area contributed by atoms with E-state index in [2.05, 4.69) is 10.6 Å². The van der Waals surface area contributed by atoms with Crippen molar-refractivity contribution in [3.05, 3.63) is 83.4 Å². The van der Waals surface area contributed by atoms with Crippen molar-refractivity contribution in [2.45, 2.75) is 38.8 Å². The van der Waals surface area contributed by atoms with Crippen molar-refractivity contribution >= 4 is 29.2 Å². The second-order valence-electron chi connectivity index (χ2n) is 9.37. The Hall–Kier alpha value is -4.14. The van der Waals surface area contributed by atoms with Gasteiger partial charge in [-0.2, -0.15) is 13.2 Å². The van der Waals surface area contributed by atoms with Crippen LogP contribution in [0.3, 0.4) is 0 Å². The summed E-state index contributed by atoms with van der Waals surface area (Å²) in [6.07, 6.45) is -7.00. The lowest BCUT2D eigenvalue weighted by molar-refractivity contribution is -0.160. The minimum atomic E-state index is -4.66. The predicted octanol–water partition coefficient (Wildman–Crippen LogP) is 6.85. The maximum atomic E-state index is 13.2. The molecule has 0 radical (unpaired) electrons. The maximum Gasteiger partial charge on any atom is 0.390 e. The van der Waals surface area contributed by atoms with Crippen molar-refractivity contribution in [1.82, 2.24) is 0 Å². The van der Waals surface area contributed by atoms with E-state index in [0.29, 0.717) is 16.9 Å². The minimum Gasteiger partial charge on any atom is -0.481 e. The molecule has 3 N–H and O–H groups in total. The number of amides is 2. The van der Waals surface area contributed by atoms with E-state index in [1.54, 1.807) is 42.5 Å². The van der Waals surface area contributed by atoms with Crippen LogP contribution in [0.1, 0.15) is 40.7 Å². The SMILES string of the molecule is Cc1cccc(NC(=O)Nc2ccc(-c3ccc4c(c3)CCC(CC(=O)O)(CC(F)(F)F)C4=O)cc2)c1. The number of hydrogen-bond acceptors (Lipinski definition) is 3. The van der Waals surface area contributed by atoms with Gasteiger partial charge in [0.25, 0.3) is 0 Å². The molecule has 0 saturated heterocycles. The summed E-state index contributed by atoms with van der Waals surface area (Å²) in [7, 11) is 0. The molecule has 0 spiro atoms. The third kappa shape index (κ3) is 6.17. The molecule has 192 valence electrons. The molecule has 0 bridgehead atoms. The highest BCUT2D eigenvalue weighted by Gasteiger charge is 2.50. The lowest BCUT2D eigenvalue weighted by Gasteiger charge is -2.36. The fourth-order valence-electron chi connectivity index (χ4n) is 4.81. The van der Waals surface area contributed by atoms with Gasteiger partial charge in [0.2, 0.25) is 0 Å². The number of benzene rings is 3. The smallest absolute Gasteiger partial charge is 0.390 e. The van der Waals surface area contributed by atoms with Crippen molar-refractivity contribution in [1.29, 1.82) is 0 Å². The van der Waals surface area contributed by atoms with Crippen molar-refractivity contribution in [3.8, 4) is 11.1 Å². The number of carboxylic acid groups (broad SMARTS) is 1. The molecule has 1 unspecified atom stereocenters. The molecule has 1 aliphatic carbocycles. The Morgan fingerprint density at radius 1 is 0.946 bits per heavy atom. The number of rotatable bonds is 6.